The third kappa shape index (κ3) is 6.54. The van der Waals surface area contributed by atoms with E-state index in [1.165, 1.54) is 6.92 Å². The maximum absolute atomic E-state index is 14.3. The SMILES string of the molecule is CC[Si](CC)(CC)O[C@@H]1C2=C(C)C(O)C[C@@](O)([C@@H](OC(=O)c3ccccc3)C3[C@@](C)([C@@H](O[Si](CC)(CC)CC)C[C@H]4OC[C@@]34OC(C)=O)[C@@H]1O)C2(C)C. The fourth-order valence-corrected chi connectivity index (χ4v) is 16.4. The number of esters is 2. The molecule has 4 aliphatic rings. The first kappa shape index (κ1) is 42.2. The maximum Gasteiger partial charge on any atom is 0.338 e. The highest BCUT2D eigenvalue weighted by atomic mass is 28.4. The average Bonchev–Trinajstić information content (AvgIpc) is 3.13. The Morgan fingerprint density at radius 2 is 1.43 bits per heavy atom. The van der Waals surface area contributed by atoms with Gasteiger partial charge in [0, 0.05) is 30.6 Å². The van der Waals surface area contributed by atoms with E-state index in [9.17, 15) is 24.9 Å². The van der Waals surface area contributed by atoms with Gasteiger partial charge in [-0.25, -0.2) is 4.79 Å². The largest absolute Gasteiger partial charge is 0.455 e. The number of ether oxygens (including phenoxy) is 3. The summed E-state index contributed by atoms with van der Waals surface area (Å²) in [5, 5.41) is 39.1. The Kier molecular flexibility index (Phi) is 12.1. The van der Waals surface area contributed by atoms with E-state index in [0.717, 1.165) is 36.3 Å². The molecule has 2 saturated carbocycles. The fourth-order valence-electron chi connectivity index (χ4n) is 10.7. The van der Waals surface area contributed by atoms with Crippen molar-refractivity contribution in [1.82, 2.24) is 0 Å². The van der Waals surface area contributed by atoms with Crippen LogP contribution in [0.3, 0.4) is 0 Å². The summed E-state index contributed by atoms with van der Waals surface area (Å²) in [5.41, 5.74) is -4.27. The van der Waals surface area contributed by atoms with Gasteiger partial charge in [-0.15, -0.1) is 0 Å². The van der Waals surface area contributed by atoms with Crippen LogP contribution in [-0.2, 0) is 27.9 Å². The van der Waals surface area contributed by atoms with E-state index in [-0.39, 0.29) is 18.6 Å². The van der Waals surface area contributed by atoms with Crippen LogP contribution in [0.15, 0.2) is 41.5 Å². The number of carbonyl (C=O) groups excluding carboxylic acids is 2. The van der Waals surface area contributed by atoms with Crippen molar-refractivity contribution in [2.24, 2.45) is 16.7 Å². The minimum absolute atomic E-state index is 0.0158. The average molecular weight is 775 g/mol. The molecule has 2 unspecified atom stereocenters. The van der Waals surface area contributed by atoms with Gasteiger partial charge in [0.05, 0.1) is 42.5 Å². The monoisotopic (exact) mass is 774 g/mol. The highest BCUT2D eigenvalue weighted by Gasteiger charge is 2.78. The van der Waals surface area contributed by atoms with Gasteiger partial charge in [0.1, 0.15) is 17.8 Å². The third-order valence-electron chi connectivity index (χ3n) is 14.8. The van der Waals surface area contributed by atoms with Crippen molar-refractivity contribution < 1.29 is 48.0 Å². The zero-order valence-corrected chi connectivity index (χ0v) is 36.0. The molecule has 12 heteroatoms. The molecule has 0 aromatic heterocycles. The van der Waals surface area contributed by atoms with E-state index in [0.29, 0.717) is 17.6 Å². The Balaban J connectivity index is 1.90. The molecule has 1 aromatic rings. The Hall–Kier alpha value is -1.91. The quantitative estimate of drug-likeness (QED) is 0.110. The summed E-state index contributed by atoms with van der Waals surface area (Å²) >= 11 is 0. The zero-order valence-electron chi connectivity index (χ0n) is 34.0. The van der Waals surface area contributed by atoms with E-state index < -0.39 is 93.1 Å². The van der Waals surface area contributed by atoms with Crippen LogP contribution in [0.4, 0.5) is 0 Å². The maximum atomic E-state index is 14.3. The van der Waals surface area contributed by atoms with Crippen molar-refractivity contribution in [3.8, 4) is 0 Å². The molecule has 1 aromatic carbocycles. The Bertz CT molecular complexity index is 1510. The van der Waals surface area contributed by atoms with Crippen LogP contribution in [0.2, 0.25) is 36.3 Å². The second-order valence-electron chi connectivity index (χ2n) is 17.1. The highest BCUT2D eigenvalue weighted by molar-refractivity contribution is 6.74. The lowest BCUT2D eigenvalue weighted by molar-refractivity contribution is -0.363. The van der Waals surface area contributed by atoms with Crippen LogP contribution < -0.4 is 0 Å². The standard InChI is InChI=1S/C41H66O10Si2/c1-12-52(13-2,14-3)50-30-23-31-40(25-47-31,49-27(8)42)34-36(48-37(45)28-21-19-18-20-22-28)41(46)24-29(43)26(7)32(38(41,9)10)33(35(44)39(30,34)11)51-53(15-4,16-5)17-6/h18-22,29-31,33-36,43-44,46H,12-17,23-25H2,1-11H3/t29?,30-,31+,33+,34?,35+,36-,39+,40-,41+/m0/s1. The number of rotatable bonds is 13. The lowest BCUT2D eigenvalue weighted by Gasteiger charge is -2.70. The van der Waals surface area contributed by atoms with E-state index in [1.54, 1.807) is 30.3 Å². The lowest BCUT2D eigenvalue weighted by atomic mass is 9.44. The first-order valence-electron chi connectivity index (χ1n) is 20.1. The van der Waals surface area contributed by atoms with Crippen LogP contribution in [0, 0.1) is 16.7 Å². The summed E-state index contributed by atoms with van der Waals surface area (Å²) in [6.45, 7) is 21.8. The molecule has 3 fully saturated rings. The zero-order chi connectivity index (χ0) is 39.4. The second kappa shape index (κ2) is 15.2. The van der Waals surface area contributed by atoms with Gasteiger partial charge in [-0.1, -0.05) is 80.5 Å². The molecule has 10 nitrogen and oxygen atoms in total. The molecule has 10 atom stereocenters. The van der Waals surface area contributed by atoms with Crippen molar-refractivity contribution >= 4 is 28.6 Å². The Morgan fingerprint density at radius 3 is 1.92 bits per heavy atom. The molecule has 1 aliphatic heterocycles. The predicted molar refractivity (Wildman–Crippen MR) is 208 cm³/mol. The predicted octanol–water partition coefficient (Wildman–Crippen LogP) is 6.93. The van der Waals surface area contributed by atoms with Crippen molar-refractivity contribution in [3.63, 3.8) is 0 Å². The van der Waals surface area contributed by atoms with Gasteiger partial charge in [0.2, 0.25) is 0 Å². The number of hydrogen-bond donors (Lipinski definition) is 3. The van der Waals surface area contributed by atoms with Crippen LogP contribution in [0.25, 0.3) is 0 Å². The highest BCUT2D eigenvalue weighted by Crippen LogP contribution is 2.66. The van der Waals surface area contributed by atoms with E-state index in [2.05, 4.69) is 41.5 Å². The van der Waals surface area contributed by atoms with Crippen molar-refractivity contribution in [3.05, 3.63) is 47.0 Å². The molecule has 1 heterocycles. The number of hydrogen-bond acceptors (Lipinski definition) is 10. The van der Waals surface area contributed by atoms with Crippen molar-refractivity contribution in [2.75, 3.05) is 6.61 Å². The molecule has 0 amide bonds. The number of benzene rings is 1. The summed E-state index contributed by atoms with van der Waals surface area (Å²) < 4.78 is 34.2. The van der Waals surface area contributed by atoms with Gasteiger partial charge in [0.25, 0.3) is 0 Å². The van der Waals surface area contributed by atoms with Crippen LogP contribution in [0.5, 0.6) is 0 Å². The summed E-state index contributed by atoms with van der Waals surface area (Å²) in [4.78, 5) is 27.5. The molecule has 3 N–H and O–H groups in total. The summed E-state index contributed by atoms with van der Waals surface area (Å²) in [5.74, 6) is -2.24. The second-order valence-corrected chi connectivity index (χ2v) is 26.5. The van der Waals surface area contributed by atoms with E-state index in [4.69, 9.17) is 23.1 Å². The molecule has 1 saturated heterocycles. The number of aliphatic hydroxyl groups is 3. The van der Waals surface area contributed by atoms with Gasteiger partial charge in [-0.3, -0.25) is 4.79 Å². The van der Waals surface area contributed by atoms with Crippen molar-refractivity contribution in [1.29, 1.82) is 0 Å². The van der Waals surface area contributed by atoms with Crippen molar-refractivity contribution in [2.45, 2.75) is 173 Å². The molecule has 0 spiro atoms. The minimum Gasteiger partial charge on any atom is -0.455 e. The van der Waals surface area contributed by atoms with Crippen LogP contribution in [-0.4, -0.2) is 98.3 Å². The molecule has 0 radical (unpaired) electrons. The first-order chi connectivity index (χ1) is 24.9. The van der Waals surface area contributed by atoms with Crippen LogP contribution in [0.1, 0.15) is 99.4 Å². The third-order valence-corrected chi connectivity index (χ3v) is 24.0. The molecule has 298 valence electrons. The van der Waals surface area contributed by atoms with Crippen LogP contribution >= 0.6 is 0 Å². The number of carbonyl (C=O) groups is 2. The molecule has 5 rings (SSSR count). The summed E-state index contributed by atoms with van der Waals surface area (Å²) in [6, 6.07) is 13.6. The summed E-state index contributed by atoms with van der Waals surface area (Å²) in [6.07, 6.45) is -5.83. The van der Waals surface area contributed by atoms with Gasteiger partial charge >= 0.3 is 11.9 Å². The fraction of sp³-hybridized carbons (Fsp3) is 0.756. The smallest absolute Gasteiger partial charge is 0.338 e. The van der Waals surface area contributed by atoms with Gasteiger partial charge in [-0.2, -0.15) is 0 Å². The lowest BCUT2D eigenvalue weighted by Crippen LogP contribution is -2.83. The normalized spacial score (nSPS) is 36.7. The first-order valence-corrected chi connectivity index (χ1v) is 25.1. The molecular formula is C41H66O10Si2. The summed E-state index contributed by atoms with van der Waals surface area (Å²) in [7, 11) is -4.89. The molecule has 2 bridgehead atoms. The van der Waals surface area contributed by atoms with E-state index >= 15 is 0 Å². The topological polar surface area (TPSA) is 141 Å². The number of fused-ring (bicyclic) bond motifs is 5. The number of aliphatic hydroxyl groups excluding tert-OH is 2. The van der Waals surface area contributed by atoms with Gasteiger partial charge in [0.15, 0.2) is 22.2 Å². The Morgan fingerprint density at radius 1 is 0.887 bits per heavy atom. The molecule has 3 aliphatic carbocycles. The molecule has 53 heavy (non-hydrogen) atoms. The van der Waals surface area contributed by atoms with Gasteiger partial charge in [-0.05, 0) is 66.5 Å². The van der Waals surface area contributed by atoms with E-state index in [1.807, 2.05) is 27.7 Å². The van der Waals surface area contributed by atoms with Gasteiger partial charge < -0.3 is 38.4 Å². The minimum atomic E-state index is -2.49. The Labute approximate surface area is 319 Å². The molecular weight excluding hydrogens is 709 g/mol.